The molecule has 4 nitrogen and oxygen atoms in total. The number of carbonyl (C=O) groups excluding carboxylic acids is 1. The van der Waals surface area contributed by atoms with Crippen LogP contribution in [0.4, 0.5) is 4.39 Å². The topological polar surface area (TPSA) is 46.9 Å². The first-order valence-electron chi connectivity index (χ1n) is 8.24. The van der Waals surface area contributed by atoms with Gasteiger partial charge in [0.25, 0.3) is 0 Å². The Labute approximate surface area is 136 Å². The van der Waals surface area contributed by atoms with E-state index < -0.39 is 0 Å². The average molecular weight is 317 g/mol. The van der Waals surface area contributed by atoms with Crippen LogP contribution in [0.3, 0.4) is 0 Å². The van der Waals surface area contributed by atoms with Crippen LogP contribution in [0.2, 0.25) is 0 Å². The molecule has 0 aliphatic heterocycles. The minimum atomic E-state index is -0.325. The van der Waals surface area contributed by atoms with Crippen molar-refractivity contribution in [3.8, 4) is 5.69 Å². The van der Waals surface area contributed by atoms with E-state index in [2.05, 4.69) is 17.2 Å². The van der Waals surface area contributed by atoms with Gasteiger partial charge in [-0.15, -0.1) is 0 Å². The molecule has 23 heavy (non-hydrogen) atoms. The number of halogens is 1. The highest BCUT2D eigenvalue weighted by Gasteiger charge is 2.06. The van der Waals surface area contributed by atoms with Gasteiger partial charge < -0.3 is 9.88 Å². The summed E-state index contributed by atoms with van der Waals surface area (Å²) in [6.45, 7) is 2.53. The second-order valence-corrected chi connectivity index (χ2v) is 5.70. The first-order chi connectivity index (χ1) is 11.2. The van der Waals surface area contributed by atoms with E-state index in [0.29, 0.717) is 18.7 Å². The molecule has 1 aromatic heterocycles. The zero-order chi connectivity index (χ0) is 16.5. The van der Waals surface area contributed by atoms with E-state index in [9.17, 15) is 9.18 Å². The molecule has 1 N–H and O–H groups in total. The molecule has 0 unspecified atom stereocenters. The zero-order valence-corrected chi connectivity index (χ0v) is 13.6. The molecule has 2 aromatic rings. The van der Waals surface area contributed by atoms with Gasteiger partial charge in [0.1, 0.15) is 5.82 Å². The fourth-order valence-electron chi connectivity index (χ4n) is 2.45. The number of nitrogens with zero attached hydrogens (tertiary/aromatic N) is 2. The van der Waals surface area contributed by atoms with Crippen molar-refractivity contribution in [3.05, 3.63) is 48.3 Å². The molecule has 1 aromatic carbocycles. The fourth-order valence-corrected chi connectivity index (χ4v) is 2.45. The van der Waals surface area contributed by atoms with Gasteiger partial charge in [-0.05, 0) is 24.1 Å². The molecule has 124 valence electrons. The van der Waals surface area contributed by atoms with Crippen LogP contribution in [0.1, 0.15) is 51.0 Å². The molecule has 0 aliphatic rings. The molecule has 1 heterocycles. The maximum atomic E-state index is 14.1. The maximum absolute atomic E-state index is 14.1. The summed E-state index contributed by atoms with van der Waals surface area (Å²) in [7, 11) is 0. The van der Waals surface area contributed by atoms with E-state index in [4.69, 9.17) is 0 Å². The van der Waals surface area contributed by atoms with Crippen molar-refractivity contribution in [1.29, 1.82) is 0 Å². The van der Waals surface area contributed by atoms with Crippen LogP contribution in [0.25, 0.3) is 5.69 Å². The minimum absolute atomic E-state index is 0.0283. The summed E-state index contributed by atoms with van der Waals surface area (Å²) in [5.41, 5.74) is 1.21. The molecule has 0 saturated carbocycles. The third-order valence-electron chi connectivity index (χ3n) is 3.79. The van der Waals surface area contributed by atoms with Gasteiger partial charge in [0, 0.05) is 25.4 Å². The van der Waals surface area contributed by atoms with Crippen molar-refractivity contribution in [2.75, 3.05) is 0 Å². The Hall–Kier alpha value is -2.17. The molecule has 0 spiro atoms. The quantitative estimate of drug-likeness (QED) is 0.711. The molecule has 0 radical (unpaired) electrons. The molecule has 5 heteroatoms. The lowest BCUT2D eigenvalue weighted by molar-refractivity contribution is -0.121. The second-order valence-electron chi connectivity index (χ2n) is 5.70. The van der Waals surface area contributed by atoms with Gasteiger partial charge in [-0.3, -0.25) is 4.79 Å². The molecular weight excluding hydrogens is 293 g/mol. The number of nitrogens with one attached hydrogen (secondary N) is 1. The van der Waals surface area contributed by atoms with Crippen LogP contribution in [0, 0.1) is 5.82 Å². The normalized spacial score (nSPS) is 10.7. The average Bonchev–Trinajstić information content (AvgIpc) is 3.07. The molecule has 2 rings (SSSR count). The first-order valence-corrected chi connectivity index (χ1v) is 8.24. The van der Waals surface area contributed by atoms with Gasteiger partial charge >= 0.3 is 0 Å². The van der Waals surface area contributed by atoms with E-state index in [1.807, 2.05) is 6.07 Å². The van der Waals surface area contributed by atoms with Gasteiger partial charge in [0.05, 0.1) is 12.0 Å². The summed E-state index contributed by atoms with van der Waals surface area (Å²) < 4.78 is 15.7. The number of hydrogen-bond donors (Lipinski definition) is 1. The van der Waals surface area contributed by atoms with Crippen molar-refractivity contribution in [3.63, 3.8) is 0 Å². The molecule has 0 bridgehead atoms. The summed E-state index contributed by atoms with van der Waals surface area (Å²) >= 11 is 0. The van der Waals surface area contributed by atoms with E-state index in [1.54, 1.807) is 29.4 Å². The largest absolute Gasteiger partial charge is 0.352 e. The molecular formula is C18H24FN3O. The number of carbonyl (C=O) groups is 1. The highest BCUT2D eigenvalue weighted by Crippen LogP contribution is 2.15. The van der Waals surface area contributed by atoms with Gasteiger partial charge in [0.15, 0.2) is 0 Å². The lowest BCUT2D eigenvalue weighted by atomic mass is 10.1. The number of rotatable bonds is 9. The van der Waals surface area contributed by atoms with Gasteiger partial charge in [-0.1, -0.05) is 38.7 Å². The lowest BCUT2D eigenvalue weighted by Gasteiger charge is -2.08. The smallest absolute Gasteiger partial charge is 0.220 e. The summed E-state index contributed by atoms with van der Waals surface area (Å²) in [5, 5.41) is 2.85. The van der Waals surface area contributed by atoms with Crippen molar-refractivity contribution >= 4 is 5.91 Å². The Bertz CT molecular complexity index is 611. The summed E-state index contributed by atoms with van der Waals surface area (Å²) in [6, 6.07) is 4.97. The van der Waals surface area contributed by atoms with E-state index in [1.165, 1.54) is 25.3 Å². The highest BCUT2D eigenvalue weighted by atomic mass is 19.1. The first kappa shape index (κ1) is 17.2. The SMILES string of the molecule is CCCCCCCC(=O)NCc1ccc(-n2ccnc2)c(F)c1. The Morgan fingerprint density at radius 1 is 1.26 bits per heavy atom. The van der Waals surface area contributed by atoms with Crippen LogP contribution in [0.5, 0.6) is 0 Å². The molecule has 0 fully saturated rings. The Morgan fingerprint density at radius 3 is 2.78 bits per heavy atom. The number of aromatic nitrogens is 2. The number of benzene rings is 1. The van der Waals surface area contributed by atoms with E-state index in [0.717, 1.165) is 18.4 Å². The summed E-state index contributed by atoms with van der Waals surface area (Å²) in [4.78, 5) is 15.7. The fraction of sp³-hybridized carbons (Fsp3) is 0.444. The van der Waals surface area contributed by atoms with E-state index in [-0.39, 0.29) is 11.7 Å². The number of unbranched alkanes of at least 4 members (excludes halogenated alkanes) is 4. The predicted molar refractivity (Wildman–Crippen MR) is 88.7 cm³/mol. The standard InChI is InChI=1S/C18H24FN3O/c1-2-3-4-5-6-7-18(23)21-13-15-8-9-17(16(19)12-15)22-11-10-20-14-22/h8-12,14H,2-7,13H2,1H3,(H,21,23). The van der Waals surface area contributed by atoms with E-state index >= 15 is 0 Å². The number of amides is 1. The molecule has 0 saturated heterocycles. The van der Waals surface area contributed by atoms with Crippen molar-refractivity contribution in [2.24, 2.45) is 0 Å². The third kappa shape index (κ3) is 5.51. The van der Waals surface area contributed by atoms with Crippen molar-refractivity contribution < 1.29 is 9.18 Å². The predicted octanol–water partition coefficient (Wildman–Crippen LogP) is 3.99. The monoisotopic (exact) mass is 317 g/mol. The third-order valence-corrected chi connectivity index (χ3v) is 3.79. The van der Waals surface area contributed by atoms with Crippen LogP contribution in [-0.2, 0) is 11.3 Å². The molecule has 0 aliphatic carbocycles. The number of hydrogen-bond acceptors (Lipinski definition) is 2. The summed E-state index contributed by atoms with van der Waals surface area (Å²) in [5.74, 6) is -0.296. The lowest BCUT2D eigenvalue weighted by Crippen LogP contribution is -2.22. The van der Waals surface area contributed by atoms with Gasteiger partial charge in [-0.2, -0.15) is 0 Å². The van der Waals surface area contributed by atoms with Crippen LogP contribution < -0.4 is 5.32 Å². The van der Waals surface area contributed by atoms with Crippen LogP contribution in [-0.4, -0.2) is 15.5 Å². The Kier molecular flexibility index (Phi) is 6.78. The van der Waals surface area contributed by atoms with Crippen molar-refractivity contribution in [2.45, 2.75) is 52.0 Å². The Morgan fingerprint density at radius 2 is 2.09 bits per heavy atom. The van der Waals surface area contributed by atoms with Crippen LogP contribution >= 0.6 is 0 Å². The molecule has 0 atom stereocenters. The minimum Gasteiger partial charge on any atom is -0.352 e. The van der Waals surface area contributed by atoms with Gasteiger partial charge in [0.2, 0.25) is 5.91 Å². The number of imidazole rings is 1. The zero-order valence-electron chi connectivity index (χ0n) is 13.6. The van der Waals surface area contributed by atoms with Crippen LogP contribution in [0.15, 0.2) is 36.9 Å². The van der Waals surface area contributed by atoms with Gasteiger partial charge in [-0.25, -0.2) is 9.37 Å². The Balaban J connectivity index is 1.77. The van der Waals surface area contributed by atoms with Crippen molar-refractivity contribution in [1.82, 2.24) is 14.9 Å². The summed E-state index contributed by atoms with van der Waals surface area (Å²) in [6.07, 6.45) is 11.0. The highest BCUT2D eigenvalue weighted by molar-refractivity contribution is 5.75. The molecule has 1 amide bonds. The second kappa shape index (κ2) is 9.08. The maximum Gasteiger partial charge on any atom is 0.220 e.